The van der Waals surface area contributed by atoms with Gasteiger partial charge in [-0.1, -0.05) is 31.9 Å². The highest BCUT2D eigenvalue weighted by Gasteiger charge is 2.62. The van der Waals surface area contributed by atoms with E-state index >= 15 is 0 Å². The van der Waals surface area contributed by atoms with Crippen LogP contribution in [-0.2, 0) is 4.74 Å². The molecule has 4 fully saturated rings. The summed E-state index contributed by atoms with van der Waals surface area (Å²) in [5.74, 6) is 3.27. The molecule has 0 unspecified atom stereocenters. The van der Waals surface area contributed by atoms with E-state index in [1.807, 2.05) is 0 Å². The molecule has 0 spiro atoms. The number of hydrogen-bond acceptors (Lipinski definition) is 1. The summed E-state index contributed by atoms with van der Waals surface area (Å²) in [6.45, 7) is 4.44. The van der Waals surface area contributed by atoms with Gasteiger partial charge in [0.15, 0.2) is 0 Å². The highest BCUT2D eigenvalue weighted by atomic mass is 19.3. The molecule has 3 aliphatic carbocycles. The maximum atomic E-state index is 14.4. The average molecular weight is 395 g/mol. The molecular weight excluding hydrogens is 354 g/mol. The zero-order chi connectivity index (χ0) is 19.7. The molecule has 4 rings (SSSR count). The summed E-state index contributed by atoms with van der Waals surface area (Å²) >= 11 is 0. The molecule has 1 saturated heterocycles. The number of rotatable bonds is 4. The zero-order valence-corrected chi connectivity index (χ0v) is 17.9. The third kappa shape index (κ3) is 4.35. The molecule has 0 aromatic rings. The van der Waals surface area contributed by atoms with Crippen LogP contribution in [0.2, 0.25) is 0 Å². The Morgan fingerprint density at radius 3 is 1.75 bits per heavy atom. The first-order chi connectivity index (χ1) is 13.5. The van der Waals surface area contributed by atoms with Crippen LogP contribution in [0.15, 0.2) is 12.2 Å². The summed E-state index contributed by atoms with van der Waals surface area (Å²) in [5, 5.41) is 0. The van der Waals surface area contributed by atoms with Crippen LogP contribution in [0, 0.1) is 41.4 Å². The molecule has 0 amide bonds. The third-order valence-electron chi connectivity index (χ3n) is 8.83. The summed E-state index contributed by atoms with van der Waals surface area (Å²) in [5.41, 5.74) is 0. The summed E-state index contributed by atoms with van der Waals surface area (Å²) in [6, 6.07) is 0. The van der Waals surface area contributed by atoms with E-state index < -0.39 is 12.0 Å². The molecule has 4 aliphatic rings. The van der Waals surface area contributed by atoms with Crippen molar-refractivity contribution in [3.63, 3.8) is 0 Å². The van der Waals surface area contributed by atoms with Gasteiger partial charge in [0, 0.05) is 0 Å². The second-order valence-corrected chi connectivity index (χ2v) is 10.6. The summed E-state index contributed by atoms with van der Waals surface area (Å²) < 4.78 is 34.1. The predicted octanol–water partition coefficient (Wildman–Crippen LogP) is 7.61. The minimum Gasteiger partial charge on any atom is -0.316 e. The molecule has 1 aliphatic heterocycles. The molecule has 2 atom stereocenters. The van der Waals surface area contributed by atoms with E-state index in [1.54, 1.807) is 0 Å². The van der Waals surface area contributed by atoms with Crippen LogP contribution in [0.1, 0.15) is 90.9 Å². The van der Waals surface area contributed by atoms with Crippen LogP contribution in [0.25, 0.3) is 0 Å². The number of allylic oxidation sites excluding steroid dienone is 2. The normalized spacial score (nSPS) is 47.0. The van der Waals surface area contributed by atoms with Crippen molar-refractivity contribution in [3.8, 4) is 0 Å². The van der Waals surface area contributed by atoms with Gasteiger partial charge in [-0.05, 0) is 107 Å². The van der Waals surface area contributed by atoms with Gasteiger partial charge < -0.3 is 4.74 Å². The van der Waals surface area contributed by atoms with Gasteiger partial charge in [0.1, 0.15) is 0 Å². The summed E-state index contributed by atoms with van der Waals surface area (Å²) in [6.07, 6.45) is 15.6. The van der Waals surface area contributed by atoms with E-state index in [0.717, 1.165) is 56.3 Å². The van der Waals surface area contributed by atoms with Gasteiger partial charge in [-0.15, -0.1) is 0 Å². The molecule has 0 aromatic heterocycles. The van der Waals surface area contributed by atoms with Gasteiger partial charge >= 0.3 is 6.11 Å². The highest BCUT2D eigenvalue weighted by Crippen LogP contribution is 2.55. The Bertz CT molecular complexity index is 521. The van der Waals surface area contributed by atoms with E-state index in [9.17, 15) is 8.78 Å². The molecule has 160 valence electrons. The third-order valence-corrected chi connectivity index (χ3v) is 8.83. The van der Waals surface area contributed by atoms with Crippen molar-refractivity contribution in [1.82, 2.24) is 0 Å². The molecule has 0 radical (unpaired) electrons. The molecule has 1 nitrogen and oxygen atoms in total. The van der Waals surface area contributed by atoms with Crippen molar-refractivity contribution in [2.75, 3.05) is 0 Å². The van der Waals surface area contributed by atoms with Crippen LogP contribution in [0.3, 0.4) is 0 Å². The SMILES string of the molecule is C/C=C/C1CCC([C@H]2[C@H](C3CCC(C4CCC(C)CC4)CC3)OC2(F)F)CC1. The summed E-state index contributed by atoms with van der Waals surface area (Å²) in [7, 11) is 0. The monoisotopic (exact) mass is 394 g/mol. The molecule has 3 heteroatoms. The first-order valence-electron chi connectivity index (χ1n) is 12.2. The summed E-state index contributed by atoms with van der Waals surface area (Å²) in [4.78, 5) is 0. The number of ether oxygens (including phenoxy) is 1. The lowest BCUT2D eigenvalue weighted by atomic mass is 9.64. The standard InChI is InChI=1S/C25H40F2O/c1-3-4-18-7-11-21(12-8-18)23-24(28-25(23,26)27)22-15-13-20(14-16-22)19-9-5-17(2)6-10-19/h3-4,17-24H,5-16H2,1-2H3/b4-3+/t17?,18?,19?,20?,21?,22?,23-,24-/m0/s1. The van der Waals surface area contributed by atoms with Crippen LogP contribution in [0.5, 0.6) is 0 Å². The number of hydrogen-bond donors (Lipinski definition) is 0. The maximum Gasteiger partial charge on any atom is 0.361 e. The number of halogens is 2. The van der Waals surface area contributed by atoms with E-state index in [0.29, 0.717) is 11.8 Å². The largest absolute Gasteiger partial charge is 0.361 e. The van der Waals surface area contributed by atoms with E-state index in [2.05, 4.69) is 26.0 Å². The van der Waals surface area contributed by atoms with E-state index in [1.165, 1.54) is 38.5 Å². The van der Waals surface area contributed by atoms with Gasteiger partial charge in [-0.3, -0.25) is 0 Å². The molecule has 0 bridgehead atoms. The molecule has 3 saturated carbocycles. The molecule has 0 N–H and O–H groups in total. The molecule has 28 heavy (non-hydrogen) atoms. The van der Waals surface area contributed by atoms with Crippen LogP contribution < -0.4 is 0 Å². The van der Waals surface area contributed by atoms with E-state index in [4.69, 9.17) is 4.74 Å². The lowest BCUT2D eigenvalue weighted by Crippen LogP contribution is -2.61. The van der Waals surface area contributed by atoms with Crippen molar-refractivity contribution in [2.45, 2.75) is 103 Å². The fourth-order valence-electron chi connectivity index (χ4n) is 7.06. The Morgan fingerprint density at radius 1 is 0.714 bits per heavy atom. The Morgan fingerprint density at radius 2 is 1.21 bits per heavy atom. The smallest absolute Gasteiger partial charge is 0.316 e. The minimum atomic E-state index is -2.88. The Hall–Kier alpha value is -0.440. The van der Waals surface area contributed by atoms with Crippen molar-refractivity contribution < 1.29 is 13.5 Å². The fourth-order valence-corrected chi connectivity index (χ4v) is 7.06. The predicted molar refractivity (Wildman–Crippen MR) is 110 cm³/mol. The first kappa shape index (κ1) is 20.8. The second-order valence-electron chi connectivity index (χ2n) is 10.6. The van der Waals surface area contributed by atoms with Gasteiger partial charge in [0.05, 0.1) is 12.0 Å². The minimum absolute atomic E-state index is 0.160. The highest BCUT2D eigenvalue weighted by molar-refractivity contribution is 5.00. The fraction of sp³-hybridized carbons (Fsp3) is 0.920. The van der Waals surface area contributed by atoms with Gasteiger partial charge in [0.2, 0.25) is 0 Å². The average Bonchev–Trinajstić information content (AvgIpc) is 2.69. The van der Waals surface area contributed by atoms with Gasteiger partial charge in [0.25, 0.3) is 0 Å². The Balaban J connectivity index is 1.30. The molecule has 0 aromatic carbocycles. The van der Waals surface area contributed by atoms with Gasteiger partial charge in [-0.2, -0.15) is 8.78 Å². The number of alkyl halides is 2. The first-order valence-corrected chi connectivity index (χ1v) is 12.2. The van der Waals surface area contributed by atoms with Crippen molar-refractivity contribution >= 4 is 0 Å². The van der Waals surface area contributed by atoms with Crippen molar-refractivity contribution in [1.29, 1.82) is 0 Å². The second kappa shape index (κ2) is 8.74. The Labute approximate surface area is 170 Å². The van der Waals surface area contributed by atoms with E-state index in [-0.39, 0.29) is 12.0 Å². The van der Waals surface area contributed by atoms with Crippen LogP contribution >= 0.6 is 0 Å². The van der Waals surface area contributed by atoms with Crippen LogP contribution in [0.4, 0.5) is 8.78 Å². The lowest BCUT2D eigenvalue weighted by molar-refractivity contribution is -0.418. The zero-order valence-electron chi connectivity index (χ0n) is 17.9. The molecule has 1 heterocycles. The van der Waals surface area contributed by atoms with Gasteiger partial charge in [-0.25, -0.2) is 0 Å². The Kier molecular flexibility index (Phi) is 6.50. The topological polar surface area (TPSA) is 9.23 Å². The lowest BCUT2D eigenvalue weighted by Gasteiger charge is -2.53. The molecular formula is C25H40F2O. The van der Waals surface area contributed by atoms with Crippen molar-refractivity contribution in [3.05, 3.63) is 12.2 Å². The van der Waals surface area contributed by atoms with Crippen molar-refractivity contribution in [2.24, 2.45) is 41.4 Å². The van der Waals surface area contributed by atoms with Crippen LogP contribution in [-0.4, -0.2) is 12.2 Å². The quantitative estimate of drug-likeness (QED) is 0.446. The maximum absolute atomic E-state index is 14.4.